The molecule has 6 heteroatoms. The summed E-state index contributed by atoms with van der Waals surface area (Å²) < 4.78 is 10.8. The Labute approximate surface area is 150 Å². The van der Waals surface area contributed by atoms with E-state index in [1.807, 2.05) is 18.2 Å². The van der Waals surface area contributed by atoms with Crippen molar-refractivity contribution in [3.63, 3.8) is 0 Å². The van der Waals surface area contributed by atoms with Gasteiger partial charge in [0.2, 0.25) is 0 Å². The largest absolute Gasteiger partial charge is 0.497 e. The molecule has 0 saturated carbocycles. The maximum absolute atomic E-state index is 12.1. The summed E-state index contributed by atoms with van der Waals surface area (Å²) in [6.07, 6.45) is 0.982. The van der Waals surface area contributed by atoms with Crippen molar-refractivity contribution in [3.8, 4) is 5.75 Å². The van der Waals surface area contributed by atoms with Gasteiger partial charge in [-0.3, -0.25) is 4.90 Å². The molecule has 1 aromatic carbocycles. The highest BCUT2D eigenvalue weighted by Gasteiger charge is 2.23. The summed E-state index contributed by atoms with van der Waals surface area (Å²) in [7, 11) is 1.67. The van der Waals surface area contributed by atoms with Crippen LogP contribution in [-0.2, 0) is 4.74 Å². The topological polar surface area (TPSA) is 62.8 Å². The molecule has 1 aromatic rings. The summed E-state index contributed by atoms with van der Waals surface area (Å²) >= 11 is 0. The lowest BCUT2D eigenvalue weighted by Crippen LogP contribution is -2.46. The lowest BCUT2D eigenvalue weighted by atomic mass is 10.0. The van der Waals surface area contributed by atoms with Gasteiger partial charge in [-0.2, -0.15) is 0 Å². The molecule has 1 heterocycles. The van der Waals surface area contributed by atoms with Crippen LogP contribution in [-0.4, -0.2) is 57.4 Å². The van der Waals surface area contributed by atoms with Crippen LogP contribution in [0.25, 0.3) is 0 Å². The summed E-state index contributed by atoms with van der Waals surface area (Å²) in [5.74, 6) is 1.41. The van der Waals surface area contributed by atoms with Crippen LogP contribution >= 0.6 is 0 Å². The maximum Gasteiger partial charge on any atom is 0.314 e. The van der Waals surface area contributed by atoms with Crippen molar-refractivity contribution in [2.45, 2.75) is 26.3 Å². The number of amides is 2. The van der Waals surface area contributed by atoms with Crippen LogP contribution in [0.5, 0.6) is 5.75 Å². The number of nitrogens with one attached hydrogen (secondary N) is 2. The first-order chi connectivity index (χ1) is 12.1. The second-order valence-electron chi connectivity index (χ2n) is 6.76. The molecule has 2 N–H and O–H groups in total. The van der Waals surface area contributed by atoms with Gasteiger partial charge in [0.15, 0.2) is 0 Å². The van der Waals surface area contributed by atoms with Gasteiger partial charge in [0, 0.05) is 26.2 Å². The molecule has 25 heavy (non-hydrogen) atoms. The number of benzene rings is 1. The van der Waals surface area contributed by atoms with E-state index in [0.717, 1.165) is 44.0 Å². The quantitative estimate of drug-likeness (QED) is 0.757. The van der Waals surface area contributed by atoms with Gasteiger partial charge in [-0.1, -0.05) is 26.0 Å². The number of nitrogens with zero attached hydrogens (tertiary/aromatic N) is 1. The molecular weight excluding hydrogens is 318 g/mol. The minimum Gasteiger partial charge on any atom is -0.497 e. The number of hydrogen-bond acceptors (Lipinski definition) is 4. The number of morpholine rings is 1. The van der Waals surface area contributed by atoms with E-state index in [4.69, 9.17) is 9.47 Å². The van der Waals surface area contributed by atoms with Gasteiger partial charge in [-0.15, -0.1) is 0 Å². The SMILES string of the molecule is COc1cccc(C(CNC(=O)NCCC(C)C)N2CCOCC2)c1. The van der Waals surface area contributed by atoms with E-state index in [0.29, 0.717) is 19.0 Å². The molecule has 2 amide bonds. The lowest BCUT2D eigenvalue weighted by molar-refractivity contribution is 0.0166. The molecule has 0 aliphatic carbocycles. The maximum atomic E-state index is 12.1. The first-order valence-electron chi connectivity index (χ1n) is 9.07. The molecule has 0 spiro atoms. The average molecular weight is 349 g/mol. The molecule has 1 unspecified atom stereocenters. The van der Waals surface area contributed by atoms with E-state index >= 15 is 0 Å². The van der Waals surface area contributed by atoms with E-state index in [1.165, 1.54) is 0 Å². The Morgan fingerprint density at radius 1 is 1.28 bits per heavy atom. The second-order valence-corrected chi connectivity index (χ2v) is 6.76. The monoisotopic (exact) mass is 349 g/mol. The van der Waals surface area contributed by atoms with Crippen LogP contribution in [0.3, 0.4) is 0 Å². The van der Waals surface area contributed by atoms with Crippen LogP contribution < -0.4 is 15.4 Å². The normalized spacial score (nSPS) is 16.5. The summed E-state index contributed by atoms with van der Waals surface area (Å²) in [5.41, 5.74) is 1.14. The van der Waals surface area contributed by atoms with E-state index in [-0.39, 0.29) is 12.1 Å². The smallest absolute Gasteiger partial charge is 0.314 e. The first-order valence-corrected chi connectivity index (χ1v) is 9.07. The van der Waals surface area contributed by atoms with Crippen LogP contribution in [0.15, 0.2) is 24.3 Å². The van der Waals surface area contributed by atoms with E-state index < -0.39 is 0 Å². The van der Waals surface area contributed by atoms with Gasteiger partial charge in [-0.25, -0.2) is 4.79 Å². The van der Waals surface area contributed by atoms with Crippen molar-refractivity contribution in [1.82, 2.24) is 15.5 Å². The molecule has 0 aromatic heterocycles. The Kier molecular flexibility index (Phi) is 8.01. The van der Waals surface area contributed by atoms with Crippen molar-refractivity contribution in [3.05, 3.63) is 29.8 Å². The van der Waals surface area contributed by atoms with Crippen molar-refractivity contribution in [1.29, 1.82) is 0 Å². The van der Waals surface area contributed by atoms with Crippen LogP contribution in [0.2, 0.25) is 0 Å². The zero-order valence-corrected chi connectivity index (χ0v) is 15.6. The van der Waals surface area contributed by atoms with Crippen LogP contribution in [0.1, 0.15) is 31.9 Å². The number of hydrogen-bond donors (Lipinski definition) is 2. The van der Waals surface area contributed by atoms with Crippen molar-refractivity contribution in [2.75, 3.05) is 46.5 Å². The second kappa shape index (κ2) is 10.3. The Morgan fingerprint density at radius 3 is 2.72 bits per heavy atom. The van der Waals surface area contributed by atoms with E-state index in [1.54, 1.807) is 7.11 Å². The minimum atomic E-state index is -0.109. The highest BCUT2D eigenvalue weighted by Crippen LogP contribution is 2.24. The lowest BCUT2D eigenvalue weighted by Gasteiger charge is -2.35. The molecule has 1 fully saturated rings. The van der Waals surface area contributed by atoms with Crippen molar-refractivity contribution >= 4 is 6.03 Å². The number of rotatable bonds is 8. The molecule has 2 rings (SSSR count). The van der Waals surface area contributed by atoms with Gasteiger partial charge < -0.3 is 20.1 Å². The van der Waals surface area contributed by atoms with Crippen molar-refractivity contribution in [2.24, 2.45) is 5.92 Å². The van der Waals surface area contributed by atoms with Crippen molar-refractivity contribution < 1.29 is 14.3 Å². The van der Waals surface area contributed by atoms with E-state index in [2.05, 4.69) is 35.4 Å². The van der Waals surface area contributed by atoms with Gasteiger partial charge in [-0.05, 0) is 30.0 Å². The van der Waals surface area contributed by atoms with Gasteiger partial charge in [0.25, 0.3) is 0 Å². The molecule has 1 saturated heterocycles. The fourth-order valence-corrected chi connectivity index (χ4v) is 2.92. The number of carbonyl (C=O) groups excluding carboxylic acids is 1. The summed E-state index contributed by atoms with van der Waals surface area (Å²) in [6.45, 7) is 8.72. The summed E-state index contributed by atoms with van der Waals surface area (Å²) in [4.78, 5) is 14.4. The predicted molar refractivity (Wildman–Crippen MR) is 99.0 cm³/mol. The Hall–Kier alpha value is -1.79. The molecule has 1 aliphatic heterocycles. The molecule has 1 atom stereocenters. The molecule has 6 nitrogen and oxygen atoms in total. The number of ether oxygens (including phenoxy) is 2. The Bertz CT molecular complexity index is 530. The van der Waals surface area contributed by atoms with Gasteiger partial charge >= 0.3 is 6.03 Å². The summed E-state index contributed by atoms with van der Waals surface area (Å²) in [5, 5.41) is 5.94. The van der Waals surface area contributed by atoms with Crippen LogP contribution in [0, 0.1) is 5.92 Å². The Balaban J connectivity index is 1.98. The zero-order valence-electron chi connectivity index (χ0n) is 15.6. The highest BCUT2D eigenvalue weighted by atomic mass is 16.5. The third-order valence-electron chi connectivity index (χ3n) is 4.43. The highest BCUT2D eigenvalue weighted by molar-refractivity contribution is 5.73. The standard InChI is InChI=1S/C19H31N3O3/c1-15(2)7-8-20-19(23)21-14-18(22-9-11-25-12-10-22)16-5-4-6-17(13-16)24-3/h4-6,13,15,18H,7-12,14H2,1-3H3,(H2,20,21,23). The molecule has 0 radical (unpaired) electrons. The van der Waals surface area contributed by atoms with Gasteiger partial charge in [0.05, 0.1) is 26.4 Å². The minimum absolute atomic E-state index is 0.106. The molecular formula is C19H31N3O3. The van der Waals surface area contributed by atoms with E-state index in [9.17, 15) is 4.79 Å². The third kappa shape index (κ3) is 6.55. The van der Waals surface area contributed by atoms with Crippen LogP contribution in [0.4, 0.5) is 4.79 Å². The molecule has 140 valence electrons. The number of carbonyl (C=O) groups is 1. The zero-order chi connectivity index (χ0) is 18.1. The predicted octanol–water partition coefficient (Wildman–Crippen LogP) is 2.41. The first kappa shape index (κ1) is 19.5. The third-order valence-corrected chi connectivity index (χ3v) is 4.43. The number of urea groups is 1. The Morgan fingerprint density at radius 2 is 2.04 bits per heavy atom. The number of methoxy groups -OCH3 is 1. The fourth-order valence-electron chi connectivity index (χ4n) is 2.92. The molecule has 1 aliphatic rings. The average Bonchev–Trinajstić information content (AvgIpc) is 2.62. The van der Waals surface area contributed by atoms with Gasteiger partial charge in [0.1, 0.15) is 5.75 Å². The summed E-state index contributed by atoms with van der Waals surface area (Å²) in [6, 6.07) is 8.05. The fraction of sp³-hybridized carbons (Fsp3) is 0.632. The molecule has 0 bridgehead atoms.